The molecule has 6 heteroatoms. The number of hydrogen-bond acceptors (Lipinski definition) is 3. The SMILES string of the molecule is CSCCNC(=O)N(CC(=O)O)C1CC1. The second kappa shape index (κ2) is 5.85. The summed E-state index contributed by atoms with van der Waals surface area (Å²) in [5.74, 6) is -0.112. The van der Waals surface area contributed by atoms with Gasteiger partial charge in [0.05, 0.1) is 0 Å². The van der Waals surface area contributed by atoms with E-state index in [2.05, 4.69) is 5.32 Å². The van der Waals surface area contributed by atoms with Crippen molar-refractivity contribution in [2.75, 3.05) is 25.1 Å². The molecule has 15 heavy (non-hydrogen) atoms. The fourth-order valence-corrected chi connectivity index (χ4v) is 1.57. The van der Waals surface area contributed by atoms with Crippen LogP contribution in [0, 0.1) is 0 Å². The first-order valence-electron chi connectivity index (χ1n) is 4.90. The number of thioether (sulfide) groups is 1. The van der Waals surface area contributed by atoms with Crippen LogP contribution in [0.5, 0.6) is 0 Å². The van der Waals surface area contributed by atoms with Crippen LogP contribution in [0.4, 0.5) is 4.79 Å². The lowest BCUT2D eigenvalue weighted by Gasteiger charge is -2.20. The van der Waals surface area contributed by atoms with Crippen molar-refractivity contribution in [2.24, 2.45) is 0 Å². The predicted molar refractivity (Wildman–Crippen MR) is 59.1 cm³/mol. The lowest BCUT2D eigenvalue weighted by molar-refractivity contribution is -0.137. The van der Waals surface area contributed by atoms with E-state index in [0.717, 1.165) is 18.6 Å². The van der Waals surface area contributed by atoms with Crippen molar-refractivity contribution in [3.8, 4) is 0 Å². The summed E-state index contributed by atoms with van der Waals surface area (Å²) in [6.07, 6.45) is 3.80. The van der Waals surface area contributed by atoms with E-state index in [4.69, 9.17) is 5.11 Å². The maximum absolute atomic E-state index is 11.6. The second-order valence-corrected chi connectivity index (χ2v) is 4.46. The van der Waals surface area contributed by atoms with Crippen LogP contribution in [0.15, 0.2) is 0 Å². The Labute approximate surface area is 93.2 Å². The summed E-state index contributed by atoms with van der Waals surface area (Å²) >= 11 is 1.64. The van der Waals surface area contributed by atoms with E-state index in [1.165, 1.54) is 4.90 Å². The molecule has 0 aromatic rings. The average Bonchev–Trinajstić information content (AvgIpc) is 2.97. The highest BCUT2D eigenvalue weighted by Gasteiger charge is 2.33. The zero-order chi connectivity index (χ0) is 11.3. The molecule has 0 aromatic heterocycles. The van der Waals surface area contributed by atoms with Gasteiger partial charge in [0.15, 0.2) is 0 Å². The Bertz CT molecular complexity index is 244. The highest BCUT2D eigenvalue weighted by Crippen LogP contribution is 2.26. The Morgan fingerprint density at radius 2 is 2.20 bits per heavy atom. The van der Waals surface area contributed by atoms with Crippen molar-refractivity contribution in [1.29, 1.82) is 0 Å². The van der Waals surface area contributed by atoms with Crippen molar-refractivity contribution in [1.82, 2.24) is 10.2 Å². The van der Waals surface area contributed by atoms with Crippen LogP contribution in [0.3, 0.4) is 0 Å². The maximum Gasteiger partial charge on any atom is 0.323 e. The minimum Gasteiger partial charge on any atom is -0.480 e. The van der Waals surface area contributed by atoms with Gasteiger partial charge >= 0.3 is 12.0 Å². The van der Waals surface area contributed by atoms with Gasteiger partial charge in [-0.25, -0.2) is 4.79 Å². The number of carbonyl (C=O) groups is 2. The van der Waals surface area contributed by atoms with Gasteiger partial charge in [0.1, 0.15) is 6.54 Å². The molecule has 0 heterocycles. The molecule has 86 valence electrons. The van der Waals surface area contributed by atoms with Crippen LogP contribution in [0.25, 0.3) is 0 Å². The monoisotopic (exact) mass is 232 g/mol. The molecule has 0 atom stereocenters. The van der Waals surface area contributed by atoms with E-state index in [1.54, 1.807) is 11.8 Å². The summed E-state index contributed by atoms with van der Waals surface area (Å²) < 4.78 is 0. The van der Waals surface area contributed by atoms with Crippen molar-refractivity contribution < 1.29 is 14.7 Å². The third-order valence-electron chi connectivity index (χ3n) is 2.14. The molecule has 1 aliphatic carbocycles. The van der Waals surface area contributed by atoms with Crippen LogP contribution < -0.4 is 5.32 Å². The second-order valence-electron chi connectivity index (χ2n) is 3.48. The predicted octanol–water partition coefficient (Wildman–Crippen LogP) is 0.608. The van der Waals surface area contributed by atoms with Crippen molar-refractivity contribution >= 4 is 23.8 Å². The molecular weight excluding hydrogens is 216 g/mol. The van der Waals surface area contributed by atoms with Gasteiger partial charge in [-0.3, -0.25) is 4.79 Å². The smallest absolute Gasteiger partial charge is 0.323 e. The number of nitrogens with one attached hydrogen (secondary N) is 1. The normalized spacial score (nSPS) is 14.7. The number of amides is 2. The number of nitrogens with zero attached hydrogens (tertiary/aromatic N) is 1. The number of hydrogen-bond donors (Lipinski definition) is 2. The first-order valence-corrected chi connectivity index (χ1v) is 6.29. The zero-order valence-electron chi connectivity index (χ0n) is 8.73. The minimum atomic E-state index is -0.957. The minimum absolute atomic E-state index is 0.135. The molecule has 1 saturated carbocycles. The number of aliphatic carboxylic acids is 1. The van der Waals surface area contributed by atoms with Crippen LogP contribution in [-0.2, 0) is 4.79 Å². The van der Waals surface area contributed by atoms with E-state index >= 15 is 0 Å². The first-order chi connectivity index (χ1) is 7.15. The Kier molecular flexibility index (Phi) is 4.74. The first kappa shape index (κ1) is 12.2. The van der Waals surface area contributed by atoms with Crippen molar-refractivity contribution in [2.45, 2.75) is 18.9 Å². The van der Waals surface area contributed by atoms with Gasteiger partial charge in [-0.2, -0.15) is 11.8 Å². The average molecular weight is 232 g/mol. The summed E-state index contributed by atoms with van der Waals surface area (Å²) in [4.78, 5) is 23.5. The molecule has 1 rings (SSSR count). The van der Waals surface area contributed by atoms with E-state index < -0.39 is 5.97 Å². The standard InChI is InChI=1S/C9H16N2O3S/c1-15-5-4-10-9(14)11(6-8(12)13)7-2-3-7/h7H,2-6H2,1H3,(H,10,14)(H,12,13). The summed E-state index contributed by atoms with van der Waals surface area (Å²) in [6.45, 7) is 0.388. The molecule has 0 bridgehead atoms. The number of rotatable bonds is 6. The van der Waals surface area contributed by atoms with Gasteiger partial charge in [0, 0.05) is 18.3 Å². The fraction of sp³-hybridized carbons (Fsp3) is 0.778. The molecular formula is C9H16N2O3S. The van der Waals surface area contributed by atoms with Gasteiger partial charge in [-0.1, -0.05) is 0 Å². The lowest BCUT2D eigenvalue weighted by Crippen LogP contribution is -2.44. The van der Waals surface area contributed by atoms with Crippen LogP contribution in [0.2, 0.25) is 0 Å². The van der Waals surface area contributed by atoms with Gasteiger partial charge in [0.2, 0.25) is 0 Å². The summed E-state index contributed by atoms with van der Waals surface area (Å²) in [5, 5.41) is 11.4. The van der Waals surface area contributed by atoms with Crippen molar-refractivity contribution in [3.63, 3.8) is 0 Å². The fourth-order valence-electron chi connectivity index (χ4n) is 1.26. The molecule has 2 amide bonds. The van der Waals surface area contributed by atoms with Crippen LogP contribution >= 0.6 is 11.8 Å². The highest BCUT2D eigenvalue weighted by molar-refractivity contribution is 7.98. The molecule has 2 N–H and O–H groups in total. The third kappa shape index (κ3) is 4.42. The Balaban J connectivity index is 2.34. The molecule has 0 aliphatic heterocycles. The van der Waals surface area contributed by atoms with Gasteiger partial charge in [0.25, 0.3) is 0 Å². The van der Waals surface area contributed by atoms with Crippen molar-refractivity contribution in [3.05, 3.63) is 0 Å². The number of carboxylic acid groups (broad SMARTS) is 1. The van der Waals surface area contributed by atoms with Gasteiger partial charge in [-0.05, 0) is 19.1 Å². The third-order valence-corrected chi connectivity index (χ3v) is 2.75. The van der Waals surface area contributed by atoms with Crippen LogP contribution in [-0.4, -0.2) is 53.1 Å². The van der Waals surface area contributed by atoms with Crippen LogP contribution in [0.1, 0.15) is 12.8 Å². The number of carbonyl (C=O) groups excluding carboxylic acids is 1. The molecule has 0 spiro atoms. The van der Waals surface area contributed by atoms with E-state index in [9.17, 15) is 9.59 Å². The van der Waals surface area contributed by atoms with E-state index in [-0.39, 0.29) is 18.6 Å². The highest BCUT2D eigenvalue weighted by atomic mass is 32.2. The topological polar surface area (TPSA) is 69.6 Å². The van der Waals surface area contributed by atoms with E-state index in [1.807, 2.05) is 6.26 Å². The molecule has 0 aromatic carbocycles. The zero-order valence-corrected chi connectivity index (χ0v) is 9.55. The Morgan fingerprint density at radius 1 is 1.53 bits per heavy atom. The summed E-state index contributed by atoms with van der Waals surface area (Å²) in [7, 11) is 0. The van der Waals surface area contributed by atoms with Gasteiger partial charge < -0.3 is 15.3 Å². The van der Waals surface area contributed by atoms with E-state index in [0.29, 0.717) is 6.54 Å². The lowest BCUT2D eigenvalue weighted by atomic mass is 10.5. The number of urea groups is 1. The molecule has 5 nitrogen and oxygen atoms in total. The quantitative estimate of drug-likeness (QED) is 0.658. The Morgan fingerprint density at radius 3 is 2.67 bits per heavy atom. The molecule has 0 saturated heterocycles. The summed E-state index contributed by atoms with van der Waals surface area (Å²) in [6, 6.07) is -0.121. The molecule has 1 aliphatic rings. The molecule has 0 radical (unpaired) electrons. The Hall–Kier alpha value is -0.910. The number of carboxylic acids is 1. The largest absolute Gasteiger partial charge is 0.480 e. The maximum atomic E-state index is 11.6. The van der Waals surface area contributed by atoms with Gasteiger partial charge in [-0.15, -0.1) is 0 Å². The molecule has 1 fully saturated rings. The molecule has 0 unspecified atom stereocenters. The summed E-state index contributed by atoms with van der Waals surface area (Å²) in [5.41, 5.74) is 0.